The molecule has 2 aliphatic carbocycles. The topological polar surface area (TPSA) is 52.0 Å². The van der Waals surface area contributed by atoms with Gasteiger partial charge in [-0.3, -0.25) is 0 Å². The Hall–Kier alpha value is -0.0800. The van der Waals surface area contributed by atoms with Gasteiger partial charge < -0.3 is 11.5 Å². The monoisotopic (exact) mass is 266 g/mol. The van der Waals surface area contributed by atoms with Crippen LogP contribution in [-0.4, -0.2) is 11.6 Å². The fraction of sp³-hybridized carbons (Fsp3) is 1.00. The Morgan fingerprint density at radius 2 is 1.53 bits per heavy atom. The Morgan fingerprint density at radius 1 is 0.947 bits per heavy atom. The SMILES string of the molecule is CC1CC(C)CC(CC2CC(C)C(N)C(C)(N)C2)C1. The zero-order valence-corrected chi connectivity index (χ0v) is 13.4. The maximum atomic E-state index is 6.44. The van der Waals surface area contributed by atoms with Crippen molar-refractivity contribution in [1.82, 2.24) is 0 Å². The lowest BCUT2D eigenvalue weighted by molar-refractivity contribution is 0.112. The smallest absolute Gasteiger partial charge is 0.0284 e. The lowest BCUT2D eigenvalue weighted by Crippen LogP contribution is -2.60. The lowest BCUT2D eigenvalue weighted by Gasteiger charge is -2.45. The van der Waals surface area contributed by atoms with Crippen molar-refractivity contribution in [3.05, 3.63) is 0 Å². The van der Waals surface area contributed by atoms with E-state index in [-0.39, 0.29) is 11.6 Å². The first-order valence-electron chi connectivity index (χ1n) is 8.32. The van der Waals surface area contributed by atoms with Crippen molar-refractivity contribution < 1.29 is 0 Å². The third-order valence-corrected chi connectivity index (χ3v) is 5.75. The quantitative estimate of drug-likeness (QED) is 0.803. The third-order valence-electron chi connectivity index (χ3n) is 5.75. The molecule has 0 amide bonds. The highest BCUT2D eigenvalue weighted by atomic mass is 14.9. The Morgan fingerprint density at radius 3 is 2.05 bits per heavy atom. The van der Waals surface area contributed by atoms with Crippen LogP contribution in [-0.2, 0) is 0 Å². The van der Waals surface area contributed by atoms with Gasteiger partial charge in [-0.2, -0.15) is 0 Å². The van der Waals surface area contributed by atoms with Gasteiger partial charge in [0.05, 0.1) is 0 Å². The highest BCUT2D eigenvalue weighted by Crippen LogP contribution is 2.42. The molecule has 6 unspecified atom stereocenters. The van der Waals surface area contributed by atoms with E-state index < -0.39 is 0 Å². The van der Waals surface area contributed by atoms with Gasteiger partial charge in [-0.15, -0.1) is 0 Å². The van der Waals surface area contributed by atoms with Crippen molar-refractivity contribution >= 4 is 0 Å². The van der Waals surface area contributed by atoms with E-state index in [0.29, 0.717) is 5.92 Å². The minimum Gasteiger partial charge on any atom is -0.326 e. The van der Waals surface area contributed by atoms with Crippen LogP contribution in [0.5, 0.6) is 0 Å². The average molecular weight is 266 g/mol. The van der Waals surface area contributed by atoms with E-state index in [4.69, 9.17) is 11.5 Å². The molecule has 2 heteroatoms. The van der Waals surface area contributed by atoms with Crippen LogP contribution in [0.2, 0.25) is 0 Å². The van der Waals surface area contributed by atoms with Gasteiger partial charge in [-0.05, 0) is 75.0 Å². The fourth-order valence-corrected chi connectivity index (χ4v) is 5.12. The summed E-state index contributed by atoms with van der Waals surface area (Å²) in [6.45, 7) is 9.30. The molecule has 0 aromatic carbocycles. The van der Waals surface area contributed by atoms with Crippen LogP contribution in [0.4, 0.5) is 0 Å². The molecule has 2 saturated carbocycles. The maximum absolute atomic E-state index is 6.44. The summed E-state index contributed by atoms with van der Waals surface area (Å²) < 4.78 is 0. The molecular formula is C17H34N2. The first kappa shape index (κ1) is 15.3. The molecule has 0 radical (unpaired) electrons. The normalized spacial score (nSPS) is 52.1. The summed E-state index contributed by atoms with van der Waals surface area (Å²) in [7, 11) is 0. The molecule has 2 fully saturated rings. The van der Waals surface area contributed by atoms with E-state index >= 15 is 0 Å². The van der Waals surface area contributed by atoms with Crippen LogP contribution < -0.4 is 11.5 Å². The first-order valence-corrected chi connectivity index (χ1v) is 8.32. The highest BCUT2D eigenvalue weighted by Gasteiger charge is 2.40. The minimum atomic E-state index is -0.158. The Kier molecular flexibility index (Phi) is 4.62. The summed E-state index contributed by atoms with van der Waals surface area (Å²) >= 11 is 0. The zero-order valence-electron chi connectivity index (χ0n) is 13.4. The summed E-state index contributed by atoms with van der Waals surface area (Å²) in [5.74, 6) is 4.14. The number of hydrogen-bond acceptors (Lipinski definition) is 2. The number of rotatable bonds is 2. The molecule has 0 bridgehead atoms. The molecule has 0 aromatic heterocycles. The molecule has 4 N–H and O–H groups in total. The molecule has 0 aliphatic heterocycles. The van der Waals surface area contributed by atoms with Crippen molar-refractivity contribution in [3.8, 4) is 0 Å². The summed E-state index contributed by atoms with van der Waals surface area (Å²) in [6.07, 6.45) is 8.09. The second-order valence-corrected chi connectivity index (χ2v) is 8.33. The number of nitrogens with two attached hydrogens (primary N) is 2. The Labute approximate surface area is 119 Å². The van der Waals surface area contributed by atoms with Crippen LogP contribution in [0.3, 0.4) is 0 Å². The van der Waals surface area contributed by atoms with Crippen molar-refractivity contribution in [2.45, 2.75) is 77.8 Å². The van der Waals surface area contributed by atoms with Crippen molar-refractivity contribution in [2.24, 2.45) is 41.1 Å². The van der Waals surface area contributed by atoms with Gasteiger partial charge in [-0.25, -0.2) is 0 Å². The summed E-state index contributed by atoms with van der Waals surface area (Å²) in [5, 5.41) is 0. The van der Waals surface area contributed by atoms with Crippen molar-refractivity contribution in [1.29, 1.82) is 0 Å². The van der Waals surface area contributed by atoms with Gasteiger partial charge in [0.15, 0.2) is 0 Å². The van der Waals surface area contributed by atoms with E-state index in [9.17, 15) is 0 Å². The third kappa shape index (κ3) is 3.72. The maximum Gasteiger partial charge on any atom is 0.0284 e. The van der Waals surface area contributed by atoms with Gasteiger partial charge in [-0.1, -0.05) is 20.8 Å². The van der Waals surface area contributed by atoms with Crippen molar-refractivity contribution in [2.75, 3.05) is 0 Å². The molecule has 0 saturated heterocycles. The lowest BCUT2D eigenvalue weighted by atomic mass is 9.65. The average Bonchev–Trinajstić information content (AvgIpc) is 2.23. The highest BCUT2D eigenvalue weighted by molar-refractivity contribution is 4.99. The van der Waals surface area contributed by atoms with Crippen LogP contribution in [0.25, 0.3) is 0 Å². The van der Waals surface area contributed by atoms with Crippen LogP contribution in [0, 0.1) is 29.6 Å². The van der Waals surface area contributed by atoms with E-state index in [1.165, 1.54) is 32.1 Å². The number of hydrogen-bond donors (Lipinski definition) is 2. The standard InChI is InChI=1S/C17H34N2/c1-11-5-12(2)7-14(6-11)9-15-8-13(3)16(18)17(4,19)10-15/h11-16H,5-10,18-19H2,1-4H3. The second-order valence-electron chi connectivity index (χ2n) is 8.33. The van der Waals surface area contributed by atoms with Gasteiger partial charge in [0, 0.05) is 11.6 Å². The van der Waals surface area contributed by atoms with Crippen molar-refractivity contribution in [3.63, 3.8) is 0 Å². The van der Waals surface area contributed by atoms with Crippen LogP contribution in [0.15, 0.2) is 0 Å². The molecule has 0 heterocycles. The predicted octanol–water partition coefficient (Wildman–Crippen LogP) is 3.54. The summed E-state index contributed by atoms with van der Waals surface area (Å²) in [4.78, 5) is 0. The molecule has 2 rings (SSSR count). The molecule has 6 atom stereocenters. The minimum absolute atomic E-state index is 0.158. The van der Waals surface area contributed by atoms with Gasteiger partial charge >= 0.3 is 0 Å². The predicted molar refractivity (Wildman–Crippen MR) is 82.7 cm³/mol. The fourth-order valence-electron chi connectivity index (χ4n) is 5.12. The Balaban J connectivity index is 1.92. The van der Waals surface area contributed by atoms with E-state index in [1.54, 1.807) is 0 Å². The molecule has 19 heavy (non-hydrogen) atoms. The molecular weight excluding hydrogens is 232 g/mol. The Bertz CT molecular complexity index is 290. The van der Waals surface area contributed by atoms with Gasteiger partial charge in [0.25, 0.3) is 0 Å². The summed E-state index contributed by atoms with van der Waals surface area (Å²) in [5.41, 5.74) is 12.5. The summed E-state index contributed by atoms with van der Waals surface area (Å²) in [6, 6.07) is 0.174. The van der Waals surface area contributed by atoms with E-state index in [2.05, 4.69) is 27.7 Å². The molecule has 2 nitrogen and oxygen atoms in total. The van der Waals surface area contributed by atoms with Crippen LogP contribution >= 0.6 is 0 Å². The van der Waals surface area contributed by atoms with Gasteiger partial charge in [0.1, 0.15) is 0 Å². The molecule has 0 aromatic rings. The molecule has 2 aliphatic rings. The van der Waals surface area contributed by atoms with Crippen LogP contribution in [0.1, 0.15) is 66.2 Å². The second kappa shape index (κ2) is 5.73. The van der Waals surface area contributed by atoms with Gasteiger partial charge in [0.2, 0.25) is 0 Å². The first-order chi connectivity index (χ1) is 8.78. The van der Waals surface area contributed by atoms with E-state index in [1.807, 2.05) is 0 Å². The molecule has 112 valence electrons. The van der Waals surface area contributed by atoms with E-state index in [0.717, 1.165) is 30.1 Å². The zero-order chi connectivity index (χ0) is 14.2. The molecule has 0 spiro atoms. The largest absolute Gasteiger partial charge is 0.326 e.